The van der Waals surface area contributed by atoms with Gasteiger partial charge in [0.2, 0.25) is 5.91 Å². The van der Waals surface area contributed by atoms with E-state index < -0.39 is 0 Å². The smallest absolute Gasteiger partial charge is 0.263 e. The van der Waals surface area contributed by atoms with Crippen molar-refractivity contribution in [1.82, 2.24) is 14.9 Å². The molecule has 0 unspecified atom stereocenters. The van der Waals surface area contributed by atoms with Crippen molar-refractivity contribution in [2.75, 3.05) is 6.54 Å². The third-order valence-electron chi connectivity index (χ3n) is 3.80. The van der Waals surface area contributed by atoms with E-state index in [-0.39, 0.29) is 18.0 Å². The van der Waals surface area contributed by atoms with Crippen LogP contribution in [0, 0.1) is 6.92 Å². The summed E-state index contributed by atoms with van der Waals surface area (Å²) in [6, 6.07) is 9.82. The third kappa shape index (κ3) is 3.10. The summed E-state index contributed by atoms with van der Waals surface area (Å²) in [5, 5.41) is 3.38. The van der Waals surface area contributed by atoms with Crippen molar-refractivity contribution in [2.24, 2.45) is 0 Å². The monoisotopic (exact) mass is 341 g/mol. The van der Waals surface area contributed by atoms with E-state index in [4.69, 9.17) is 0 Å². The molecule has 2 heterocycles. The van der Waals surface area contributed by atoms with Gasteiger partial charge in [-0.05, 0) is 18.9 Å². The first-order valence-electron chi connectivity index (χ1n) is 7.92. The summed E-state index contributed by atoms with van der Waals surface area (Å²) in [5.74, 6) is -0.173. The van der Waals surface area contributed by atoms with Gasteiger partial charge in [-0.3, -0.25) is 14.2 Å². The van der Waals surface area contributed by atoms with E-state index in [2.05, 4.69) is 10.3 Å². The van der Waals surface area contributed by atoms with Crippen LogP contribution in [0.15, 0.2) is 41.5 Å². The van der Waals surface area contributed by atoms with E-state index in [1.54, 1.807) is 0 Å². The summed E-state index contributed by atoms with van der Waals surface area (Å²) in [4.78, 5) is 31.0. The molecular formula is C18H19N3O2S. The molecule has 0 fully saturated rings. The number of nitrogens with one attached hydrogen (secondary N) is 1. The second-order valence-electron chi connectivity index (χ2n) is 5.61. The number of benzene rings is 1. The predicted molar refractivity (Wildman–Crippen MR) is 97.4 cm³/mol. The largest absolute Gasteiger partial charge is 0.355 e. The second kappa shape index (κ2) is 6.97. The molecule has 0 atom stereocenters. The highest BCUT2D eigenvalue weighted by Gasteiger charge is 2.17. The van der Waals surface area contributed by atoms with Crippen LogP contribution in [0.1, 0.15) is 18.2 Å². The number of carbonyl (C=O) groups is 1. The van der Waals surface area contributed by atoms with Crippen LogP contribution in [0.4, 0.5) is 0 Å². The zero-order valence-electron chi connectivity index (χ0n) is 13.7. The number of rotatable bonds is 5. The van der Waals surface area contributed by atoms with Gasteiger partial charge in [0.05, 0.1) is 11.7 Å². The molecule has 0 aliphatic heterocycles. The molecule has 0 saturated heterocycles. The SMILES string of the molecule is CCCNC(=O)Cn1cnc2sc(C)c(-c3ccccc3)c2c1=O. The molecule has 1 aromatic carbocycles. The molecule has 5 nitrogen and oxygen atoms in total. The van der Waals surface area contributed by atoms with E-state index in [0.717, 1.165) is 22.4 Å². The first-order valence-corrected chi connectivity index (χ1v) is 8.74. The number of hydrogen-bond donors (Lipinski definition) is 1. The topological polar surface area (TPSA) is 64.0 Å². The Kier molecular flexibility index (Phi) is 4.76. The summed E-state index contributed by atoms with van der Waals surface area (Å²) in [7, 11) is 0. The zero-order chi connectivity index (χ0) is 17.1. The van der Waals surface area contributed by atoms with Crippen molar-refractivity contribution in [3.05, 3.63) is 51.9 Å². The van der Waals surface area contributed by atoms with E-state index in [1.807, 2.05) is 44.2 Å². The second-order valence-corrected chi connectivity index (χ2v) is 6.81. The number of carbonyl (C=O) groups excluding carboxylic acids is 1. The minimum Gasteiger partial charge on any atom is -0.355 e. The molecule has 3 rings (SSSR count). The Bertz CT molecular complexity index is 929. The molecule has 3 aromatic rings. The third-order valence-corrected chi connectivity index (χ3v) is 4.82. The fourth-order valence-electron chi connectivity index (χ4n) is 2.68. The molecule has 1 amide bonds. The highest BCUT2D eigenvalue weighted by atomic mass is 32.1. The number of amides is 1. The first-order chi connectivity index (χ1) is 11.6. The summed E-state index contributed by atoms with van der Waals surface area (Å²) in [6.07, 6.45) is 2.32. The van der Waals surface area contributed by atoms with Crippen molar-refractivity contribution >= 4 is 27.5 Å². The summed E-state index contributed by atoms with van der Waals surface area (Å²) in [5.41, 5.74) is 1.74. The van der Waals surface area contributed by atoms with Crippen molar-refractivity contribution in [2.45, 2.75) is 26.8 Å². The van der Waals surface area contributed by atoms with E-state index in [9.17, 15) is 9.59 Å². The predicted octanol–water partition coefficient (Wildman–Crippen LogP) is 2.96. The number of hydrogen-bond acceptors (Lipinski definition) is 4. The normalized spacial score (nSPS) is 10.9. The summed E-state index contributed by atoms with van der Waals surface area (Å²) < 4.78 is 1.38. The van der Waals surface area contributed by atoms with Crippen molar-refractivity contribution < 1.29 is 4.79 Å². The van der Waals surface area contributed by atoms with Gasteiger partial charge in [0, 0.05) is 17.0 Å². The van der Waals surface area contributed by atoms with Crippen LogP contribution < -0.4 is 10.9 Å². The molecule has 0 saturated carbocycles. The average Bonchev–Trinajstić information content (AvgIpc) is 2.93. The molecule has 124 valence electrons. The Morgan fingerprint density at radius 3 is 2.75 bits per heavy atom. The molecule has 6 heteroatoms. The Hall–Kier alpha value is -2.47. The van der Waals surface area contributed by atoms with Gasteiger partial charge in [0.25, 0.3) is 5.56 Å². The molecule has 0 bridgehead atoms. The van der Waals surface area contributed by atoms with Crippen molar-refractivity contribution in [3.8, 4) is 11.1 Å². The molecule has 24 heavy (non-hydrogen) atoms. The van der Waals surface area contributed by atoms with E-state index in [1.165, 1.54) is 22.2 Å². The van der Waals surface area contributed by atoms with E-state index in [0.29, 0.717) is 16.8 Å². The molecule has 2 aromatic heterocycles. The van der Waals surface area contributed by atoms with Crippen LogP contribution in [-0.4, -0.2) is 22.0 Å². The number of thiophene rings is 1. The van der Waals surface area contributed by atoms with Gasteiger partial charge >= 0.3 is 0 Å². The van der Waals surface area contributed by atoms with Gasteiger partial charge in [0.15, 0.2) is 0 Å². The molecular weight excluding hydrogens is 322 g/mol. The van der Waals surface area contributed by atoms with Crippen LogP contribution >= 0.6 is 11.3 Å². The van der Waals surface area contributed by atoms with Gasteiger partial charge < -0.3 is 5.32 Å². The maximum atomic E-state index is 12.9. The molecule has 0 aliphatic carbocycles. The quantitative estimate of drug-likeness (QED) is 0.776. The van der Waals surface area contributed by atoms with Gasteiger partial charge in [-0.2, -0.15) is 0 Å². The molecule has 0 spiro atoms. The number of nitrogens with zero attached hydrogens (tertiary/aromatic N) is 2. The lowest BCUT2D eigenvalue weighted by molar-refractivity contribution is -0.121. The van der Waals surface area contributed by atoms with Crippen LogP contribution in [0.2, 0.25) is 0 Å². The van der Waals surface area contributed by atoms with Crippen molar-refractivity contribution in [3.63, 3.8) is 0 Å². The lowest BCUT2D eigenvalue weighted by Crippen LogP contribution is -2.32. The van der Waals surface area contributed by atoms with Crippen LogP contribution in [-0.2, 0) is 11.3 Å². The zero-order valence-corrected chi connectivity index (χ0v) is 14.5. The van der Waals surface area contributed by atoms with Gasteiger partial charge in [-0.25, -0.2) is 4.98 Å². The van der Waals surface area contributed by atoms with Crippen LogP contribution in [0.5, 0.6) is 0 Å². The highest BCUT2D eigenvalue weighted by molar-refractivity contribution is 7.19. The Morgan fingerprint density at radius 1 is 1.29 bits per heavy atom. The maximum absolute atomic E-state index is 12.9. The molecule has 0 aliphatic rings. The highest BCUT2D eigenvalue weighted by Crippen LogP contribution is 2.35. The Labute approximate surface area is 144 Å². The Morgan fingerprint density at radius 2 is 2.04 bits per heavy atom. The van der Waals surface area contributed by atoms with Gasteiger partial charge in [-0.1, -0.05) is 37.3 Å². The standard InChI is InChI=1S/C18H19N3O2S/c1-3-9-19-14(22)10-21-11-20-17-16(18(21)23)15(12(2)24-17)13-7-5-4-6-8-13/h4-8,11H,3,9-10H2,1-2H3,(H,19,22). The van der Waals surface area contributed by atoms with Crippen LogP contribution in [0.3, 0.4) is 0 Å². The molecule has 1 N–H and O–H groups in total. The van der Waals surface area contributed by atoms with Crippen LogP contribution in [0.25, 0.3) is 21.3 Å². The number of aromatic nitrogens is 2. The summed E-state index contributed by atoms with van der Waals surface area (Å²) >= 11 is 1.50. The number of fused-ring (bicyclic) bond motifs is 1. The first kappa shape index (κ1) is 16.4. The minimum atomic E-state index is -0.173. The average molecular weight is 341 g/mol. The maximum Gasteiger partial charge on any atom is 0.263 e. The fourth-order valence-corrected chi connectivity index (χ4v) is 3.68. The summed E-state index contributed by atoms with van der Waals surface area (Å²) in [6.45, 7) is 4.58. The lowest BCUT2D eigenvalue weighted by atomic mass is 10.0. The molecule has 0 radical (unpaired) electrons. The minimum absolute atomic E-state index is 0.00903. The fraction of sp³-hybridized carbons (Fsp3) is 0.278. The van der Waals surface area contributed by atoms with E-state index >= 15 is 0 Å². The van der Waals surface area contributed by atoms with Gasteiger partial charge in [0.1, 0.15) is 11.4 Å². The Balaban J connectivity index is 2.08. The number of aryl methyl sites for hydroxylation is 1. The van der Waals surface area contributed by atoms with Crippen molar-refractivity contribution in [1.29, 1.82) is 0 Å². The lowest BCUT2D eigenvalue weighted by Gasteiger charge is -2.07. The van der Waals surface area contributed by atoms with Gasteiger partial charge in [-0.15, -0.1) is 11.3 Å².